The maximum atomic E-state index is 11.5. The number of allylic oxidation sites excluding steroid dienone is 4. The Balaban J connectivity index is 1.79. The summed E-state index contributed by atoms with van der Waals surface area (Å²) in [7, 11) is -3.70. The number of aromatic nitrogens is 1. The van der Waals surface area contributed by atoms with Gasteiger partial charge in [-0.2, -0.15) is 0 Å². The Labute approximate surface area is 158 Å². The number of primary sulfonamides is 1. The molecule has 2 aliphatic carbocycles. The average molecular weight is 387 g/mol. The molecule has 2 aromatic rings. The predicted octanol–water partition coefficient (Wildman–Crippen LogP) is 4.42. The van der Waals surface area contributed by atoms with Gasteiger partial charge in [0.2, 0.25) is 10.0 Å². The van der Waals surface area contributed by atoms with Gasteiger partial charge in [-0.3, -0.25) is 4.98 Å². The summed E-state index contributed by atoms with van der Waals surface area (Å²) in [5.74, 6) is 0. The van der Waals surface area contributed by atoms with Crippen molar-refractivity contribution in [3.8, 4) is 0 Å². The van der Waals surface area contributed by atoms with Crippen LogP contribution in [0.2, 0.25) is 5.02 Å². The van der Waals surface area contributed by atoms with E-state index in [0.29, 0.717) is 5.02 Å². The van der Waals surface area contributed by atoms with E-state index in [1.165, 1.54) is 12.8 Å². The highest BCUT2D eigenvalue weighted by Gasteiger charge is 2.36. The molecule has 1 fully saturated rings. The van der Waals surface area contributed by atoms with E-state index < -0.39 is 10.0 Å². The fourth-order valence-electron chi connectivity index (χ4n) is 3.90. The lowest BCUT2D eigenvalue weighted by molar-refractivity contribution is 0.523. The fraction of sp³-hybridized carbons (Fsp3) is 0.250. The number of rotatable bonds is 3. The first kappa shape index (κ1) is 17.5. The highest BCUT2D eigenvalue weighted by Crippen LogP contribution is 2.51. The molecule has 1 aromatic heterocycles. The number of nitrogens with two attached hydrogens (primary N) is 1. The van der Waals surface area contributed by atoms with Crippen LogP contribution in [0.5, 0.6) is 0 Å². The predicted molar refractivity (Wildman–Crippen MR) is 104 cm³/mol. The van der Waals surface area contributed by atoms with Gasteiger partial charge in [0.15, 0.2) is 0 Å². The van der Waals surface area contributed by atoms with Crippen molar-refractivity contribution < 1.29 is 8.42 Å². The monoisotopic (exact) mass is 386 g/mol. The summed E-state index contributed by atoms with van der Waals surface area (Å²) < 4.78 is 23.0. The third kappa shape index (κ3) is 3.22. The molecule has 0 bridgehead atoms. The Morgan fingerprint density at radius 3 is 2.19 bits per heavy atom. The lowest BCUT2D eigenvalue weighted by atomic mass is 9.88. The van der Waals surface area contributed by atoms with Crippen LogP contribution in [0.3, 0.4) is 0 Å². The summed E-state index contributed by atoms with van der Waals surface area (Å²) in [6.45, 7) is 0. The Morgan fingerprint density at radius 2 is 1.62 bits per heavy atom. The molecule has 1 saturated carbocycles. The highest BCUT2D eigenvalue weighted by molar-refractivity contribution is 7.89. The van der Waals surface area contributed by atoms with Crippen molar-refractivity contribution >= 4 is 32.8 Å². The quantitative estimate of drug-likeness (QED) is 0.848. The van der Waals surface area contributed by atoms with E-state index in [4.69, 9.17) is 16.7 Å². The molecular formula is C20H19ClN2O2S. The van der Waals surface area contributed by atoms with E-state index >= 15 is 0 Å². The summed E-state index contributed by atoms with van der Waals surface area (Å²) in [4.78, 5) is 4.61. The molecular weight excluding hydrogens is 368 g/mol. The molecule has 2 aliphatic rings. The Morgan fingerprint density at radius 1 is 0.962 bits per heavy atom. The first-order valence-electron chi connectivity index (χ1n) is 8.58. The van der Waals surface area contributed by atoms with Gasteiger partial charge in [-0.1, -0.05) is 48.7 Å². The number of halogens is 1. The van der Waals surface area contributed by atoms with Crippen LogP contribution in [0.4, 0.5) is 0 Å². The molecule has 1 aromatic carbocycles. The zero-order chi connectivity index (χ0) is 18.4. The van der Waals surface area contributed by atoms with Crippen LogP contribution in [0.15, 0.2) is 59.6 Å². The second-order valence-electron chi connectivity index (χ2n) is 6.99. The second kappa shape index (κ2) is 6.34. The number of pyridine rings is 1. The topological polar surface area (TPSA) is 73.1 Å². The fourth-order valence-corrected chi connectivity index (χ4v) is 4.53. The van der Waals surface area contributed by atoms with Gasteiger partial charge < -0.3 is 0 Å². The van der Waals surface area contributed by atoms with Crippen molar-refractivity contribution in [3.05, 3.63) is 71.0 Å². The number of sulfonamides is 1. The summed E-state index contributed by atoms with van der Waals surface area (Å²) >= 11 is 5.99. The minimum atomic E-state index is -3.70. The molecule has 134 valence electrons. The standard InChI is InChI=1S/C20H19ClN2O2S/c21-15-5-8-19(23-13-15)18-12-20(9-1-2-10-20)11-17(18)14-3-6-16(7-4-14)26(22,24)25/h3-8,11-13H,1-2,9-10H2,(H2,22,24,25). The van der Waals surface area contributed by atoms with Crippen LogP contribution < -0.4 is 5.14 Å². The van der Waals surface area contributed by atoms with Gasteiger partial charge in [0.1, 0.15) is 0 Å². The van der Waals surface area contributed by atoms with Crippen molar-refractivity contribution in [3.63, 3.8) is 0 Å². The molecule has 6 heteroatoms. The number of hydrogen-bond donors (Lipinski definition) is 1. The number of benzene rings is 1. The highest BCUT2D eigenvalue weighted by atomic mass is 35.5. The smallest absolute Gasteiger partial charge is 0.238 e. The average Bonchev–Trinajstić information content (AvgIpc) is 3.22. The molecule has 0 amide bonds. The Hall–Kier alpha value is -1.95. The molecule has 1 spiro atoms. The van der Waals surface area contributed by atoms with Crippen LogP contribution in [0, 0.1) is 5.41 Å². The maximum absolute atomic E-state index is 11.5. The number of nitrogens with zero attached hydrogens (tertiary/aromatic N) is 1. The van der Waals surface area contributed by atoms with Gasteiger partial charge in [-0.25, -0.2) is 13.6 Å². The first-order valence-corrected chi connectivity index (χ1v) is 10.5. The minimum absolute atomic E-state index is 0.0740. The van der Waals surface area contributed by atoms with Crippen molar-refractivity contribution in [2.45, 2.75) is 30.6 Å². The molecule has 2 N–H and O–H groups in total. The minimum Gasteiger partial charge on any atom is -0.255 e. The van der Waals surface area contributed by atoms with E-state index in [1.54, 1.807) is 18.3 Å². The third-order valence-corrected chi connectivity index (χ3v) is 6.34. The van der Waals surface area contributed by atoms with Gasteiger partial charge in [0.25, 0.3) is 0 Å². The van der Waals surface area contributed by atoms with E-state index in [1.807, 2.05) is 24.3 Å². The van der Waals surface area contributed by atoms with E-state index in [9.17, 15) is 8.42 Å². The Bertz CT molecular complexity index is 1000. The van der Waals surface area contributed by atoms with Crippen molar-refractivity contribution in [2.24, 2.45) is 10.6 Å². The zero-order valence-electron chi connectivity index (χ0n) is 14.2. The van der Waals surface area contributed by atoms with Gasteiger partial charge in [0, 0.05) is 17.2 Å². The molecule has 1 heterocycles. The van der Waals surface area contributed by atoms with Crippen molar-refractivity contribution in [2.75, 3.05) is 0 Å². The van der Waals surface area contributed by atoms with Crippen LogP contribution in [0.1, 0.15) is 36.9 Å². The van der Waals surface area contributed by atoms with Gasteiger partial charge >= 0.3 is 0 Å². The largest absolute Gasteiger partial charge is 0.255 e. The summed E-state index contributed by atoms with van der Waals surface area (Å²) in [6.07, 6.45) is 11.0. The first-order chi connectivity index (χ1) is 12.4. The van der Waals surface area contributed by atoms with E-state index in [2.05, 4.69) is 17.1 Å². The van der Waals surface area contributed by atoms with Crippen LogP contribution in [0.25, 0.3) is 11.1 Å². The summed E-state index contributed by atoms with van der Waals surface area (Å²) in [5.41, 5.74) is 4.07. The SMILES string of the molecule is NS(=O)(=O)c1ccc(C2=CC3(C=C2c2ccc(Cl)cn2)CCCC3)cc1. The zero-order valence-corrected chi connectivity index (χ0v) is 15.7. The summed E-state index contributed by atoms with van der Waals surface area (Å²) in [6, 6.07) is 10.5. The maximum Gasteiger partial charge on any atom is 0.238 e. The lowest BCUT2D eigenvalue weighted by Crippen LogP contribution is -2.11. The molecule has 0 aliphatic heterocycles. The van der Waals surface area contributed by atoms with Gasteiger partial charge in [-0.15, -0.1) is 0 Å². The van der Waals surface area contributed by atoms with Gasteiger partial charge in [-0.05, 0) is 48.2 Å². The van der Waals surface area contributed by atoms with E-state index in [-0.39, 0.29) is 10.3 Å². The molecule has 0 radical (unpaired) electrons. The molecule has 0 saturated heterocycles. The van der Waals surface area contributed by atoms with Gasteiger partial charge in [0.05, 0.1) is 15.6 Å². The lowest BCUT2D eigenvalue weighted by Gasteiger charge is -2.16. The third-order valence-electron chi connectivity index (χ3n) is 5.19. The molecule has 4 nitrogen and oxygen atoms in total. The van der Waals surface area contributed by atoms with Crippen molar-refractivity contribution in [1.82, 2.24) is 4.98 Å². The number of hydrogen-bond acceptors (Lipinski definition) is 3. The van der Waals surface area contributed by atoms with Crippen LogP contribution in [-0.2, 0) is 10.0 Å². The summed E-state index contributed by atoms with van der Waals surface area (Å²) in [5, 5.41) is 5.81. The second-order valence-corrected chi connectivity index (χ2v) is 8.99. The molecule has 0 unspecified atom stereocenters. The van der Waals surface area contributed by atoms with Crippen LogP contribution in [-0.4, -0.2) is 13.4 Å². The Kier molecular flexibility index (Phi) is 4.26. The van der Waals surface area contributed by atoms with Crippen molar-refractivity contribution in [1.29, 1.82) is 0 Å². The van der Waals surface area contributed by atoms with Crippen LogP contribution >= 0.6 is 11.6 Å². The molecule has 0 atom stereocenters. The molecule has 4 rings (SSSR count). The molecule has 26 heavy (non-hydrogen) atoms. The van der Waals surface area contributed by atoms with E-state index in [0.717, 1.165) is 35.2 Å². The normalized spacial score (nSPS) is 18.8.